The van der Waals surface area contributed by atoms with Crippen LogP contribution in [0.3, 0.4) is 0 Å². The number of hydrogen-bond acceptors (Lipinski definition) is 2. The van der Waals surface area contributed by atoms with Crippen LogP contribution in [0.2, 0.25) is 0 Å². The first-order valence-electron chi connectivity index (χ1n) is 7.28. The van der Waals surface area contributed by atoms with Gasteiger partial charge >= 0.3 is 0 Å². The van der Waals surface area contributed by atoms with Gasteiger partial charge in [-0.05, 0) is 45.2 Å². The monoisotopic (exact) mass is 264 g/mol. The van der Waals surface area contributed by atoms with Crippen LogP contribution < -0.4 is 5.73 Å². The topological polar surface area (TPSA) is 29.3 Å². The number of halogens is 1. The molecular formula is C16H25FN2. The normalized spacial score (nSPS) is 28.1. The van der Waals surface area contributed by atoms with Gasteiger partial charge < -0.3 is 5.73 Å². The van der Waals surface area contributed by atoms with Crippen molar-refractivity contribution in [2.24, 2.45) is 11.7 Å². The summed E-state index contributed by atoms with van der Waals surface area (Å²) in [7, 11) is 0. The lowest BCUT2D eigenvalue weighted by atomic mass is 9.87. The Balaban J connectivity index is 2.33. The molecule has 0 aliphatic carbocycles. The van der Waals surface area contributed by atoms with Crippen LogP contribution in [-0.4, -0.2) is 23.5 Å². The maximum atomic E-state index is 14.1. The third-order valence-corrected chi connectivity index (χ3v) is 4.50. The molecule has 0 saturated carbocycles. The van der Waals surface area contributed by atoms with Crippen molar-refractivity contribution >= 4 is 0 Å². The lowest BCUT2D eigenvalue weighted by Gasteiger charge is -2.44. The van der Waals surface area contributed by atoms with Crippen molar-refractivity contribution in [1.82, 2.24) is 4.90 Å². The summed E-state index contributed by atoms with van der Waals surface area (Å²) in [4.78, 5) is 2.39. The van der Waals surface area contributed by atoms with E-state index in [9.17, 15) is 4.39 Å². The van der Waals surface area contributed by atoms with Gasteiger partial charge in [0.1, 0.15) is 5.82 Å². The van der Waals surface area contributed by atoms with E-state index in [0.717, 1.165) is 12.1 Å². The summed E-state index contributed by atoms with van der Waals surface area (Å²) < 4.78 is 14.1. The Morgan fingerprint density at radius 1 is 1.32 bits per heavy atom. The summed E-state index contributed by atoms with van der Waals surface area (Å²) >= 11 is 0. The molecule has 0 spiro atoms. The lowest BCUT2D eigenvalue weighted by molar-refractivity contribution is 0.0563. The van der Waals surface area contributed by atoms with Gasteiger partial charge in [0, 0.05) is 17.6 Å². The largest absolute Gasteiger partial charge is 0.326 e. The Morgan fingerprint density at radius 2 is 2.00 bits per heavy atom. The van der Waals surface area contributed by atoms with E-state index in [2.05, 4.69) is 18.7 Å². The molecule has 4 atom stereocenters. The molecule has 3 heteroatoms. The highest BCUT2D eigenvalue weighted by Gasteiger charge is 2.34. The van der Waals surface area contributed by atoms with Crippen molar-refractivity contribution < 1.29 is 4.39 Å². The van der Waals surface area contributed by atoms with Crippen molar-refractivity contribution in [2.45, 2.75) is 51.7 Å². The van der Waals surface area contributed by atoms with Crippen molar-refractivity contribution in [2.75, 3.05) is 6.54 Å². The number of rotatable bonds is 3. The summed E-state index contributed by atoms with van der Waals surface area (Å²) in [5, 5.41) is 0. The van der Waals surface area contributed by atoms with E-state index < -0.39 is 0 Å². The zero-order valence-corrected chi connectivity index (χ0v) is 12.1. The summed E-state index contributed by atoms with van der Waals surface area (Å²) in [6.07, 6.45) is 2.42. The minimum atomic E-state index is -0.143. The highest BCUT2D eigenvalue weighted by atomic mass is 19.1. The number of nitrogens with two attached hydrogens (primary N) is 1. The predicted molar refractivity (Wildman–Crippen MR) is 77.4 cm³/mol. The van der Waals surface area contributed by atoms with Crippen LogP contribution in [0.4, 0.5) is 4.39 Å². The lowest BCUT2D eigenvalue weighted by Crippen LogP contribution is -2.49. The third kappa shape index (κ3) is 2.98. The zero-order valence-electron chi connectivity index (χ0n) is 12.1. The summed E-state index contributed by atoms with van der Waals surface area (Å²) in [6.45, 7) is 7.49. The van der Waals surface area contributed by atoms with Crippen LogP contribution in [0, 0.1) is 11.7 Å². The number of nitrogens with zero attached hydrogens (tertiary/aromatic N) is 1. The molecular weight excluding hydrogens is 239 g/mol. The second-order valence-corrected chi connectivity index (χ2v) is 5.92. The first-order chi connectivity index (χ1) is 9.02. The van der Waals surface area contributed by atoms with E-state index in [1.807, 2.05) is 19.1 Å². The molecule has 4 unspecified atom stereocenters. The van der Waals surface area contributed by atoms with E-state index in [0.29, 0.717) is 12.0 Å². The van der Waals surface area contributed by atoms with Crippen LogP contribution in [0.1, 0.15) is 45.2 Å². The van der Waals surface area contributed by atoms with Crippen molar-refractivity contribution in [3.05, 3.63) is 35.6 Å². The fourth-order valence-electron chi connectivity index (χ4n) is 3.24. The van der Waals surface area contributed by atoms with Gasteiger partial charge in [-0.15, -0.1) is 0 Å². The Morgan fingerprint density at radius 3 is 2.63 bits per heavy atom. The molecule has 1 aliphatic heterocycles. The highest BCUT2D eigenvalue weighted by Crippen LogP contribution is 2.33. The fourth-order valence-corrected chi connectivity index (χ4v) is 3.24. The van der Waals surface area contributed by atoms with Crippen molar-refractivity contribution in [3.63, 3.8) is 0 Å². The van der Waals surface area contributed by atoms with Crippen LogP contribution in [0.25, 0.3) is 0 Å². The number of likely N-dealkylation sites (tertiary alicyclic amines) is 1. The molecule has 1 heterocycles. The molecule has 1 aliphatic rings. The molecule has 2 N–H and O–H groups in total. The molecule has 106 valence electrons. The van der Waals surface area contributed by atoms with E-state index in [-0.39, 0.29) is 17.9 Å². The van der Waals surface area contributed by atoms with E-state index in [4.69, 9.17) is 5.73 Å². The minimum absolute atomic E-state index is 0.0288. The van der Waals surface area contributed by atoms with E-state index in [1.54, 1.807) is 6.07 Å². The van der Waals surface area contributed by atoms with Crippen LogP contribution in [0.15, 0.2) is 24.3 Å². The first-order valence-corrected chi connectivity index (χ1v) is 7.28. The predicted octanol–water partition coefficient (Wildman–Crippen LogP) is 3.33. The molecule has 0 bridgehead atoms. The van der Waals surface area contributed by atoms with Gasteiger partial charge in [-0.2, -0.15) is 0 Å². The van der Waals surface area contributed by atoms with E-state index in [1.165, 1.54) is 18.9 Å². The van der Waals surface area contributed by atoms with Gasteiger partial charge in [-0.25, -0.2) is 4.39 Å². The maximum absolute atomic E-state index is 14.1. The van der Waals surface area contributed by atoms with E-state index >= 15 is 0 Å². The number of hydrogen-bond donors (Lipinski definition) is 1. The van der Waals surface area contributed by atoms with Crippen LogP contribution >= 0.6 is 0 Å². The van der Waals surface area contributed by atoms with Gasteiger partial charge in [0.05, 0.1) is 6.04 Å². The molecule has 2 nitrogen and oxygen atoms in total. The number of piperidine rings is 1. The Bertz CT molecular complexity index is 419. The molecule has 0 radical (unpaired) electrons. The minimum Gasteiger partial charge on any atom is -0.326 e. The summed E-state index contributed by atoms with van der Waals surface area (Å²) in [6, 6.07) is 7.37. The molecule has 2 rings (SSSR count). The van der Waals surface area contributed by atoms with Gasteiger partial charge in [-0.1, -0.05) is 25.1 Å². The smallest absolute Gasteiger partial charge is 0.128 e. The molecule has 1 aromatic rings. The standard InChI is InChI=1S/C16H25FN2/c1-11-7-6-10-19(13(11)3)16(12(2)18)14-8-4-5-9-15(14)17/h4-5,8-9,11-13,16H,6-7,10,18H2,1-3H3. The first kappa shape index (κ1) is 14.5. The Labute approximate surface area is 115 Å². The Kier molecular flexibility index (Phi) is 4.58. The number of benzene rings is 1. The quantitative estimate of drug-likeness (QED) is 0.907. The van der Waals surface area contributed by atoms with Crippen LogP contribution in [-0.2, 0) is 0 Å². The van der Waals surface area contributed by atoms with Crippen molar-refractivity contribution in [3.8, 4) is 0 Å². The average molecular weight is 264 g/mol. The molecule has 1 fully saturated rings. The molecule has 0 amide bonds. The average Bonchev–Trinajstić information content (AvgIpc) is 2.37. The van der Waals surface area contributed by atoms with Crippen LogP contribution in [0.5, 0.6) is 0 Å². The van der Waals surface area contributed by atoms with Gasteiger partial charge in [0.2, 0.25) is 0 Å². The fraction of sp³-hybridized carbons (Fsp3) is 0.625. The highest BCUT2D eigenvalue weighted by molar-refractivity contribution is 5.23. The third-order valence-electron chi connectivity index (χ3n) is 4.50. The summed E-state index contributed by atoms with van der Waals surface area (Å²) in [5.41, 5.74) is 6.90. The van der Waals surface area contributed by atoms with Gasteiger partial charge in [0.15, 0.2) is 0 Å². The second kappa shape index (κ2) is 6.02. The summed E-state index contributed by atoms with van der Waals surface area (Å²) in [5.74, 6) is 0.497. The Hall–Kier alpha value is -0.930. The second-order valence-electron chi connectivity index (χ2n) is 5.92. The van der Waals surface area contributed by atoms with Gasteiger partial charge in [-0.3, -0.25) is 4.90 Å². The molecule has 1 aromatic carbocycles. The molecule has 0 aromatic heterocycles. The zero-order chi connectivity index (χ0) is 14.0. The molecule has 19 heavy (non-hydrogen) atoms. The van der Waals surface area contributed by atoms with Gasteiger partial charge in [0.25, 0.3) is 0 Å². The van der Waals surface area contributed by atoms with Crippen molar-refractivity contribution in [1.29, 1.82) is 0 Å². The maximum Gasteiger partial charge on any atom is 0.128 e. The SMILES string of the molecule is CC(N)C(c1ccccc1F)N1CCCC(C)C1C. The molecule has 1 saturated heterocycles.